The number of carbonyl (C=O) groups excluding carboxylic acids is 1. The average molecular weight is 377 g/mol. The highest BCUT2D eigenvalue weighted by Crippen LogP contribution is 2.16. The van der Waals surface area contributed by atoms with Crippen LogP contribution in [-0.4, -0.2) is 10.5 Å². The molecule has 3 aromatic carbocycles. The predicted molar refractivity (Wildman–Crippen MR) is 108 cm³/mol. The summed E-state index contributed by atoms with van der Waals surface area (Å²) in [5.41, 5.74) is 4.03. The van der Waals surface area contributed by atoms with Crippen molar-refractivity contribution in [1.82, 2.24) is 4.57 Å². The number of nitrogens with one attached hydrogen (secondary N) is 1. The number of fused-ring (bicyclic) bond motifs is 1. The molecule has 0 spiro atoms. The van der Waals surface area contributed by atoms with Crippen LogP contribution < -0.4 is 9.88 Å². The van der Waals surface area contributed by atoms with Crippen LogP contribution in [0.25, 0.3) is 11.0 Å². The third-order valence-electron chi connectivity index (χ3n) is 4.40. The van der Waals surface area contributed by atoms with Gasteiger partial charge in [0, 0.05) is 10.7 Å². The van der Waals surface area contributed by atoms with E-state index in [-0.39, 0.29) is 12.5 Å². The Hall–Kier alpha value is -3.11. The molecule has 1 N–H and O–H groups in total. The molecule has 0 aliphatic heterocycles. The molecule has 0 aliphatic carbocycles. The Morgan fingerprint density at radius 1 is 0.963 bits per heavy atom. The number of hydrogen-bond acceptors (Lipinski definition) is 1. The molecule has 0 atom stereocenters. The van der Waals surface area contributed by atoms with Crippen molar-refractivity contribution >= 4 is 34.2 Å². The van der Waals surface area contributed by atoms with Crippen molar-refractivity contribution in [3.63, 3.8) is 0 Å². The summed E-state index contributed by atoms with van der Waals surface area (Å²) in [6.45, 7) is 0.985. The number of hydrogen-bond donors (Lipinski definition) is 1. The molecule has 27 heavy (non-hydrogen) atoms. The molecule has 1 amide bonds. The molecule has 4 rings (SSSR count). The molecule has 0 saturated heterocycles. The van der Waals surface area contributed by atoms with E-state index in [9.17, 15) is 4.79 Å². The van der Waals surface area contributed by atoms with Crippen molar-refractivity contribution in [3.05, 3.63) is 95.8 Å². The van der Waals surface area contributed by atoms with Crippen molar-refractivity contribution < 1.29 is 9.36 Å². The monoisotopic (exact) mass is 376 g/mol. The minimum Gasteiger partial charge on any atom is -0.323 e. The lowest BCUT2D eigenvalue weighted by atomic mass is 10.2. The largest absolute Gasteiger partial charge is 0.323 e. The second-order valence-electron chi connectivity index (χ2n) is 6.40. The van der Waals surface area contributed by atoms with Gasteiger partial charge in [-0.25, -0.2) is 9.13 Å². The molecule has 0 radical (unpaired) electrons. The Morgan fingerprint density at radius 2 is 1.74 bits per heavy atom. The van der Waals surface area contributed by atoms with Crippen molar-refractivity contribution in [2.24, 2.45) is 0 Å². The SMILES string of the molecule is O=C(Cn1c[n+](Cc2ccccc2)c2ccccc21)Nc1cccc(Cl)c1. The second kappa shape index (κ2) is 7.64. The highest BCUT2D eigenvalue weighted by molar-refractivity contribution is 6.30. The summed E-state index contributed by atoms with van der Waals surface area (Å²) < 4.78 is 4.13. The zero-order chi connectivity index (χ0) is 18.6. The summed E-state index contributed by atoms with van der Waals surface area (Å²) in [6, 6.07) is 25.6. The lowest BCUT2D eigenvalue weighted by Gasteiger charge is -2.04. The topological polar surface area (TPSA) is 37.9 Å². The van der Waals surface area contributed by atoms with Crippen molar-refractivity contribution in [1.29, 1.82) is 0 Å². The number of anilines is 1. The first-order valence-electron chi connectivity index (χ1n) is 8.76. The van der Waals surface area contributed by atoms with Gasteiger partial charge in [0.15, 0.2) is 17.6 Å². The summed E-state index contributed by atoms with van der Waals surface area (Å²) in [7, 11) is 0. The maximum absolute atomic E-state index is 12.5. The molecular formula is C22H19ClN3O+. The van der Waals surface area contributed by atoms with E-state index in [1.165, 1.54) is 5.56 Å². The molecule has 134 valence electrons. The van der Waals surface area contributed by atoms with Crippen LogP contribution >= 0.6 is 11.6 Å². The molecule has 4 nitrogen and oxygen atoms in total. The Bertz CT molecular complexity index is 1090. The van der Waals surface area contributed by atoms with E-state index < -0.39 is 0 Å². The Morgan fingerprint density at radius 3 is 2.56 bits per heavy atom. The predicted octanol–water partition coefficient (Wildman–Crippen LogP) is 4.27. The molecule has 4 aromatic rings. The van der Waals surface area contributed by atoms with Crippen LogP contribution in [-0.2, 0) is 17.9 Å². The van der Waals surface area contributed by atoms with Gasteiger partial charge >= 0.3 is 0 Å². The molecule has 1 heterocycles. The number of rotatable bonds is 5. The first kappa shape index (κ1) is 17.3. The molecule has 0 unspecified atom stereocenters. The Balaban J connectivity index is 1.59. The summed E-state index contributed by atoms with van der Waals surface area (Å²) in [4.78, 5) is 12.5. The third kappa shape index (κ3) is 4.01. The fourth-order valence-corrected chi connectivity index (χ4v) is 3.39. The molecule has 1 aromatic heterocycles. The summed E-state index contributed by atoms with van der Waals surface area (Å²) >= 11 is 5.99. The van der Waals surface area contributed by atoms with Gasteiger partial charge in [-0.3, -0.25) is 4.79 Å². The minimum absolute atomic E-state index is 0.0927. The Labute approximate surface area is 162 Å². The molecule has 0 aliphatic rings. The minimum atomic E-state index is -0.0927. The number of nitrogens with zero attached hydrogens (tertiary/aromatic N) is 2. The van der Waals surface area contributed by atoms with E-state index in [0.29, 0.717) is 10.7 Å². The number of benzene rings is 3. The number of amides is 1. The van der Waals surface area contributed by atoms with Gasteiger partial charge in [0.25, 0.3) is 5.91 Å². The molecule has 0 bridgehead atoms. The van der Waals surface area contributed by atoms with E-state index in [2.05, 4.69) is 28.1 Å². The van der Waals surface area contributed by atoms with Gasteiger partial charge in [0.2, 0.25) is 6.33 Å². The molecule has 5 heteroatoms. The van der Waals surface area contributed by atoms with Crippen molar-refractivity contribution in [2.75, 3.05) is 5.32 Å². The van der Waals surface area contributed by atoms with Crippen LogP contribution in [0.3, 0.4) is 0 Å². The highest BCUT2D eigenvalue weighted by atomic mass is 35.5. The smallest absolute Gasteiger partial charge is 0.266 e. The van der Waals surface area contributed by atoms with Crippen LogP contribution in [0.15, 0.2) is 85.2 Å². The normalized spacial score (nSPS) is 10.9. The number of carbonyl (C=O) groups is 1. The van der Waals surface area contributed by atoms with Gasteiger partial charge in [-0.1, -0.05) is 60.1 Å². The van der Waals surface area contributed by atoms with Crippen molar-refractivity contribution in [2.45, 2.75) is 13.1 Å². The lowest BCUT2D eigenvalue weighted by Crippen LogP contribution is -2.33. The number of halogens is 1. The van der Waals surface area contributed by atoms with Gasteiger partial charge < -0.3 is 5.32 Å². The van der Waals surface area contributed by atoms with Gasteiger partial charge in [0.1, 0.15) is 6.54 Å². The van der Waals surface area contributed by atoms with E-state index in [0.717, 1.165) is 17.6 Å². The fourth-order valence-electron chi connectivity index (χ4n) is 3.20. The van der Waals surface area contributed by atoms with Gasteiger partial charge in [-0.15, -0.1) is 0 Å². The Kier molecular flexibility index (Phi) is 4.90. The zero-order valence-corrected chi connectivity index (χ0v) is 15.4. The van der Waals surface area contributed by atoms with Crippen LogP contribution in [0.2, 0.25) is 5.02 Å². The molecule has 0 fully saturated rings. The second-order valence-corrected chi connectivity index (χ2v) is 6.84. The fraction of sp³-hybridized carbons (Fsp3) is 0.0909. The summed E-state index contributed by atoms with van der Waals surface area (Å²) in [6.07, 6.45) is 2.00. The van der Waals surface area contributed by atoms with Crippen LogP contribution in [0.4, 0.5) is 5.69 Å². The first-order valence-corrected chi connectivity index (χ1v) is 9.13. The van der Waals surface area contributed by atoms with Gasteiger partial charge in [0.05, 0.1) is 0 Å². The average Bonchev–Trinajstić information content (AvgIpc) is 3.00. The van der Waals surface area contributed by atoms with E-state index in [1.54, 1.807) is 12.1 Å². The molecule has 0 saturated carbocycles. The highest BCUT2D eigenvalue weighted by Gasteiger charge is 2.18. The summed E-state index contributed by atoms with van der Waals surface area (Å²) in [5.74, 6) is -0.0927. The third-order valence-corrected chi connectivity index (χ3v) is 4.63. The van der Waals surface area contributed by atoms with Crippen LogP contribution in [0, 0.1) is 0 Å². The van der Waals surface area contributed by atoms with Gasteiger partial charge in [-0.2, -0.15) is 0 Å². The molecular weight excluding hydrogens is 358 g/mol. The lowest BCUT2D eigenvalue weighted by molar-refractivity contribution is -0.663. The van der Waals surface area contributed by atoms with E-state index in [4.69, 9.17) is 11.6 Å². The number of aromatic nitrogens is 2. The van der Waals surface area contributed by atoms with E-state index in [1.807, 2.05) is 59.4 Å². The number of imidazole rings is 1. The van der Waals surface area contributed by atoms with Gasteiger partial charge in [-0.05, 0) is 35.9 Å². The zero-order valence-electron chi connectivity index (χ0n) is 14.7. The van der Waals surface area contributed by atoms with Crippen LogP contribution in [0.5, 0.6) is 0 Å². The van der Waals surface area contributed by atoms with Crippen molar-refractivity contribution in [3.8, 4) is 0 Å². The first-order chi connectivity index (χ1) is 13.2. The maximum atomic E-state index is 12.5. The standard InChI is InChI=1S/C22H18ClN3O/c23-18-9-6-10-19(13-18)24-22(27)15-26-16-25(14-17-7-2-1-3-8-17)20-11-4-5-12-21(20)26/h1-13,16H,14-15H2/p+1. The summed E-state index contributed by atoms with van der Waals surface area (Å²) in [5, 5.41) is 3.50. The number of para-hydroxylation sites is 2. The van der Waals surface area contributed by atoms with E-state index >= 15 is 0 Å². The van der Waals surface area contributed by atoms with Crippen LogP contribution in [0.1, 0.15) is 5.56 Å². The maximum Gasteiger partial charge on any atom is 0.266 e. The quantitative estimate of drug-likeness (QED) is 0.519.